The molecule has 0 aromatic heterocycles. The molecule has 3 heteroatoms. The quantitative estimate of drug-likeness (QED) is 0.468. The smallest absolute Gasteiger partial charge is 0.0669 e. The van der Waals surface area contributed by atoms with Gasteiger partial charge in [-0.1, -0.05) is 0 Å². The van der Waals surface area contributed by atoms with E-state index < -0.39 is 5.54 Å². The molecule has 1 heterocycles. The Hall–Kier alpha value is -0.120. The van der Waals surface area contributed by atoms with E-state index in [0.29, 0.717) is 13.2 Å². The van der Waals surface area contributed by atoms with E-state index in [9.17, 15) is 0 Å². The molecule has 0 aromatic carbocycles. The van der Waals surface area contributed by atoms with Gasteiger partial charge < -0.3 is 15.6 Å². The van der Waals surface area contributed by atoms with Crippen molar-refractivity contribution < 1.29 is 9.84 Å². The van der Waals surface area contributed by atoms with Crippen molar-refractivity contribution in [1.29, 1.82) is 0 Å². The second kappa shape index (κ2) is 2.01. The standard InChI is InChI=1S/C5H11NO2/c6-5(3-7)1-2-8-4-5/h7H,1-4,6H2/t5-/m0/s1. The lowest BCUT2D eigenvalue weighted by Crippen LogP contribution is -2.43. The molecule has 8 heavy (non-hydrogen) atoms. The summed E-state index contributed by atoms with van der Waals surface area (Å²) in [5, 5.41) is 8.62. The lowest BCUT2D eigenvalue weighted by molar-refractivity contribution is 0.143. The second-order valence-electron chi connectivity index (χ2n) is 2.32. The first-order valence-electron chi connectivity index (χ1n) is 2.74. The minimum Gasteiger partial charge on any atom is -0.394 e. The van der Waals surface area contributed by atoms with Crippen LogP contribution in [0.4, 0.5) is 0 Å². The number of hydrogen-bond acceptors (Lipinski definition) is 3. The van der Waals surface area contributed by atoms with Gasteiger partial charge in [0.25, 0.3) is 0 Å². The van der Waals surface area contributed by atoms with E-state index in [2.05, 4.69) is 0 Å². The van der Waals surface area contributed by atoms with Crippen LogP contribution in [0, 0.1) is 0 Å². The maximum atomic E-state index is 8.62. The Kier molecular flexibility index (Phi) is 1.51. The molecular weight excluding hydrogens is 106 g/mol. The minimum atomic E-state index is -0.431. The fourth-order valence-electron chi connectivity index (χ4n) is 0.748. The van der Waals surface area contributed by atoms with Gasteiger partial charge in [-0.15, -0.1) is 0 Å². The molecule has 0 amide bonds. The van der Waals surface area contributed by atoms with E-state index in [1.54, 1.807) is 0 Å². The highest BCUT2D eigenvalue weighted by Crippen LogP contribution is 2.13. The zero-order chi connectivity index (χ0) is 6.04. The molecule has 0 bridgehead atoms. The number of ether oxygens (including phenoxy) is 1. The molecule has 1 atom stereocenters. The van der Waals surface area contributed by atoms with Gasteiger partial charge in [-0.05, 0) is 6.42 Å². The first-order chi connectivity index (χ1) is 3.77. The Bertz CT molecular complexity index is 78.5. The molecule has 3 nitrogen and oxygen atoms in total. The van der Waals surface area contributed by atoms with Crippen molar-refractivity contribution in [2.75, 3.05) is 19.8 Å². The first kappa shape index (κ1) is 6.01. The summed E-state index contributed by atoms with van der Waals surface area (Å²) >= 11 is 0. The van der Waals surface area contributed by atoms with Crippen molar-refractivity contribution in [3.63, 3.8) is 0 Å². The van der Waals surface area contributed by atoms with Gasteiger partial charge in [0, 0.05) is 6.61 Å². The van der Waals surface area contributed by atoms with Crippen LogP contribution in [0.2, 0.25) is 0 Å². The topological polar surface area (TPSA) is 55.5 Å². The van der Waals surface area contributed by atoms with E-state index in [0.717, 1.165) is 6.42 Å². The average Bonchev–Trinajstić information content (AvgIpc) is 2.17. The van der Waals surface area contributed by atoms with Crippen molar-refractivity contribution in [3.8, 4) is 0 Å². The maximum Gasteiger partial charge on any atom is 0.0669 e. The van der Waals surface area contributed by atoms with Gasteiger partial charge >= 0.3 is 0 Å². The van der Waals surface area contributed by atoms with Gasteiger partial charge in [-0.25, -0.2) is 0 Å². The van der Waals surface area contributed by atoms with Crippen LogP contribution in [-0.4, -0.2) is 30.5 Å². The highest BCUT2D eigenvalue weighted by molar-refractivity contribution is 4.86. The summed E-state index contributed by atoms with van der Waals surface area (Å²) in [6.45, 7) is 1.23. The fraction of sp³-hybridized carbons (Fsp3) is 1.00. The molecule has 0 radical (unpaired) electrons. The van der Waals surface area contributed by atoms with Crippen LogP contribution < -0.4 is 5.73 Å². The van der Waals surface area contributed by atoms with Crippen LogP contribution in [0.15, 0.2) is 0 Å². The molecule has 3 N–H and O–H groups in total. The number of aliphatic hydroxyl groups excluding tert-OH is 1. The Labute approximate surface area is 48.4 Å². The monoisotopic (exact) mass is 117 g/mol. The van der Waals surface area contributed by atoms with Crippen LogP contribution >= 0.6 is 0 Å². The van der Waals surface area contributed by atoms with Crippen molar-refractivity contribution in [2.45, 2.75) is 12.0 Å². The highest BCUT2D eigenvalue weighted by Gasteiger charge is 2.28. The van der Waals surface area contributed by atoms with Gasteiger partial charge in [0.05, 0.1) is 18.8 Å². The van der Waals surface area contributed by atoms with Crippen LogP contribution in [0.5, 0.6) is 0 Å². The third kappa shape index (κ3) is 0.992. The van der Waals surface area contributed by atoms with E-state index in [1.165, 1.54) is 0 Å². The Morgan fingerprint density at radius 1 is 1.75 bits per heavy atom. The molecular formula is C5H11NO2. The van der Waals surface area contributed by atoms with Gasteiger partial charge in [-0.2, -0.15) is 0 Å². The van der Waals surface area contributed by atoms with Crippen LogP contribution in [0.1, 0.15) is 6.42 Å². The summed E-state index contributed by atoms with van der Waals surface area (Å²) in [6, 6.07) is 0. The van der Waals surface area contributed by atoms with Gasteiger partial charge in [-0.3, -0.25) is 0 Å². The van der Waals surface area contributed by atoms with E-state index in [1.807, 2.05) is 0 Å². The summed E-state index contributed by atoms with van der Waals surface area (Å²) < 4.78 is 4.97. The molecule has 1 fully saturated rings. The van der Waals surface area contributed by atoms with Crippen molar-refractivity contribution in [3.05, 3.63) is 0 Å². The number of aliphatic hydroxyl groups is 1. The average molecular weight is 117 g/mol. The molecule has 1 aliphatic heterocycles. The third-order valence-electron chi connectivity index (χ3n) is 1.45. The van der Waals surface area contributed by atoms with Crippen molar-refractivity contribution in [1.82, 2.24) is 0 Å². The zero-order valence-electron chi connectivity index (χ0n) is 4.76. The molecule has 0 unspecified atom stereocenters. The van der Waals surface area contributed by atoms with E-state index in [-0.39, 0.29) is 6.61 Å². The van der Waals surface area contributed by atoms with E-state index >= 15 is 0 Å². The number of nitrogens with two attached hydrogens (primary N) is 1. The number of hydrogen-bond donors (Lipinski definition) is 2. The minimum absolute atomic E-state index is 0.0347. The molecule has 0 aliphatic carbocycles. The normalized spacial score (nSPS) is 38.2. The SMILES string of the molecule is N[C@]1(CO)CCOC1. The van der Waals surface area contributed by atoms with Gasteiger partial charge in [0.1, 0.15) is 0 Å². The van der Waals surface area contributed by atoms with Gasteiger partial charge in [0.15, 0.2) is 0 Å². The highest BCUT2D eigenvalue weighted by atomic mass is 16.5. The molecule has 0 spiro atoms. The molecule has 0 aromatic rings. The largest absolute Gasteiger partial charge is 0.394 e. The summed E-state index contributed by atoms with van der Waals surface area (Å²) in [5.41, 5.74) is 5.15. The first-order valence-corrected chi connectivity index (χ1v) is 2.74. The molecule has 0 saturated carbocycles. The maximum absolute atomic E-state index is 8.62. The van der Waals surface area contributed by atoms with Gasteiger partial charge in [0.2, 0.25) is 0 Å². The Balaban J connectivity index is 2.40. The zero-order valence-corrected chi connectivity index (χ0v) is 4.76. The molecule has 1 aliphatic rings. The fourth-order valence-corrected chi connectivity index (χ4v) is 0.748. The van der Waals surface area contributed by atoms with Crippen LogP contribution in [-0.2, 0) is 4.74 Å². The lowest BCUT2D eigenvalue weighted by Gasteiger charge is -2.16. The molecule has 1 rings (SSSR count). The molecule has 1 saturated heterocycles. The predicted octanol–water partition coefficient (Wildman–Crippen LogP) is -0.904. The summed E-state index contributed by atoms with van der Waals surface area (Å²) in [5.74, 6) is 0. The third-order valence-corrected chi connectivity index (χ3v) is 1.45. The van der Waals surface area contributed by atoms with E-state index in [4.69, 9.17) is 15.6 Å². The Morgan fingerprint density at radius 3 is 2.75 bits per heavy atom. The summed E-state index contributed by atoms with van der Waals surface area (Å²) in [4.78, 5) is 0. The molecule has 48 valence electrons. The summed E-state index contributed by atoms with van der Waals surface area (Å²) in [6.07, 6.45) is 0.781. The lowest BCUT2D eigenvalue weighted by atomic mass is 10.0. The predicted molar refractivity (Wildman–Crippen MR) is 29.4 cm³/mol. The van der Waals surface area contributed by atoms with Crippen LogP contribution in [0.25, 0.3) is 0 Å². The summed E-state index contributed by atoms with van der Waals surface area (Å²) in [7, 11) is 0. The number of rotatable bonds is 1. The Morgan fingerprint density at radius 2 is 2.50 bits per heavy atom. The second-order valence-corrected chi connectivity index (χ2v) is 2.32. The van der Waals surface area contributed by atoms with Crippen molar-refractivity contribution in [2.24, 2.45) is 5.73 Å². The van der Waals surface area contributed by atoms with Crippen LogP contribution in [0.3, 0.4) is 0 Å². The van der Waals surface area contributed by atoms with Crippen molar-refractivity contribution >= 4 is 0 Å².